The van der Waals surface area contributed by atoms with Crippen molar-refractivity contribution in [1.82, 2.24) is 9.13 Å². The number of rotatable bonds is 4. The number of hydrogen-bond acceptors (Lipinski definition) is 0. The van der Waals surface area contributed by atoms with Crippen LogP contribution in [0.2, 0.25) is 0 Å². The van der Waals surface area contributed by atoms with Crippen molar-refractivity contribution in [1.29, 1.82) is 0 Å². The van der Waals surface area contributed by atoms with Gasteiger partial charge in [0, 0.05) is 38.3 Å². The first-order valence-corrected chi connectivity index (χ1v) is 18.5. The highest BCUT2D eigenvalue weighted by Gasteiger charge is 2.35. The second kappa shape index (κ2) is 11.2. The monoisotopic (exact) mass is 676 g/mol. The van der Waals surface area contributed by atoms with Gasteiger partial charge in [0.05, 0.1) is 22.1 Å². The lowest BCUT2D eigenvalue weighted by molar-refractivity contribution is 0.660. The van der Waals surface area contributed by atoms with Crippen molar-refractivity contribution >= 4 is 43.6 Å². The third kappa shape index (κ3) is 4.33. The largest absolute Gasteiger partial charge is 0.309 e. The molecule has 2 heterocycles. The Labute approximate surface area is 308 Å². The summed E-state index contributed by atoms with van der Waals surface area (Å²) < 4.78 is 4.97. The van der Waals surface area contributed by atoms with Crippen LogP contribution in [0.1, 0.15) is 25.0 Å². The van der Waals surface area contributed by atoms with Crippen molar-refractivity contribution in [2.75, 3.05) is 0 Å². The SMILES string of the molecule is CC1(C)c2ccccc2-c2cc(-n3c4ccccc4c4c3ccc3c5ccccc5n(-c5cccc(-c6ccc(-c7ccccc7)cc6)c5)c34)ccc21. The molecular formula is C51H36N2. The van der Waals surface area contributed by atoms with Gasteiger partial charge < -0.3 is 9.13 Å². The summed E-state index contributed by atoms with van der Waals surface area (Å²) >= 11 is 0. The summed E-state index contributed by atoms with van der Waals surface area (Å²) in [6.45, 7) is 4.70. The quantitative estimate of drug-likeness (QED) is 0.176. The van der Waals surface area contributed by atoms with Crippen LogP contribution in [0.15, 0.2) is 182 Å². The maximum Gasteiger partial charge on any atom is 0.0641 e. The predicted molar refractivity (Wildman–Crippen MR) is 224 cm³/mol. The molecule has 0 N–H and O–H groups in total. The van der Waals surface area contributed by atoms with Crippen molar-refractivity contribution in [2.45, 2.75) is 19.3 Å². The van der Waals surface area contributed by atoms with Crippen LogP contribution in [0.4, 0.5) is 0 Å². The van der Waals surface area contributed by atoms with E-state index in [9.17, 15) is 0 Å². The van der Waals surface area contributed by atoms with Gasteiger partial charge in [-0.05, 0) is 87.0 Å². The van der Waals surface area contributed by atoms with Gasteiger partial charge >= 0.3 is 0 Å². The number of para-hydroxylation sites is 2. The highest BCUT2D eigenvalue weighted by Crippen LogP contribution is 2.50. The van der Waals surface area contributed by atoms with Crippen molar-refractivity contribution in [3.05, 3.63) is 193 Å². The van der Waals surface area contributed by atoms with Crippen LogP contribution in [-0.2, 0) is 5.41 Å². The Morgan fingerprint density at radius 1 is 0.358 bits per heavy atom. The smallest absolute Gasteiger partial charge is 0.0641 e. The molecule has 2 heteroatoms. The molecule has 0 amide bonds. The highest BCUT2D eigenvalue weighted by molar-refractivity contribution is 6.26. The Balaban J connectivity index is 1.15. The van der Waals surface area contributed by atoms with Crippen LogP contribution < -0.4 is 0 Å². The van der Waals surface area contributed by atoms with Crippen LogP contribution in [-0.4, -0.2) is 9.13 Å². The van der Waals surface area contributed by atoms with E-state index in [2.05, 4.69) is 205 Å². The molecule has 10 aromatic rings. The summed E-state index contributed by atoms with van der Waals surface area (Å²) in [6.07, 6.45) is 0. The molecule has 0 unspecified atom stereocenters. The Bertz CT molecular complexity index is 3060. The molecule has 1 aliphatic rings. The minimum atomic E-state index is -0.0309. The molecule has 0 bridgehead atoms. The number of aromatic nitrogens is 2. The normalized spacial score (nSPS) is 13.2. The van der Waals surface area contributed by atoms with E-state index in [1.165, 1.54) is 93.8 Å². The molecular weight excluding hydrogens is 641 g/mol. The zero-order valence-corrected chi connectivity index (χ0v) is 29.7. The van der Waals surface area contributed by atoms with Crippen molar-refractivity contribution < 1.29 is 0 Å². The fourth-order valence-corrected chi connectivity index (χ4v) is 9.21. The summed E-state index contributed by atoms with van der Waals surface area (Å²) in [6, 6.07) is 67.0. The molecule has 8 aromatic carbocycles. The first kappa shape index (κ1) is 30.0. The molecule has 53 heavy (non-hydrogen) atoms. The van der Waals surface area contributed by atoms with E-state index >= 15 is 0 Å². The molecule has 0 aliphatic heterocycles. The van der Waals surface area contributed by atoms with Gasteiger partial charge in [-0.3, -0.25) is 0 Å². The zero-order chi connectivity index (χ0) is 35.3. The van der Waals surface area contributed by atoms with E-state index in [1.807, 2.05) is 0 Å². The molecule has 11 rings (SSSR count). The third-order valence-electron chi connectivity index (χ3n) is 11.7. The standard InChI is InChI=1S/C51H36N2/c1-51(2)44-20-9-6-17-39(44)43-32-38(27-29-45(43)51)52-47-22-11-8-19-42(47)49-48(52)30-28-41-40-18-7-10-21-46(40)53(50(41)49)37-16-12-15-36(31-37)35-25-23-34(24-26-35)33-13-4-3-5-14-33/h3-32H,1-2H3. The average molecular weight is 677 g/mol. The predicted octanol–water partition coefficient (Wildman–Crippen LogP) is 13.5. The summed E-state index contributed by atoms with van der Waals surface area (Å²) in [5.41, 5.74) is 17.5. The minimum absolute atomic E-state index is 0.0309. The molecule has 0 fully saturated rings. The van der Waals surface area contributed by atoms with E-state index in [0.717, 1.165) is 5.69 Å². The molecule has 0 saturated heterocycles. The van der Waals surface area contributed by atoms with Crippen LogP contribution >= 0.6 is 0 Å². The molecule has 0 saturated carbocycles. The fourth-order valence-electron chi connectivity index (χ4n) is 9.21. The molecule has 0 radical (unpaired) electrons. The van der Waals surface area contributed by atoms with Gasteiger partial charge in [-0.25, -0.2) is 0 Å². The van der Waals surface area contributed by atoms with Crippen molar-refractivity contribution in [2.24, 2.45) is 0 Å². The summed E-state index contributed by atoms with van der Waals surface area (Å²) in [5, 5.41) is 5.05. The third-order valence-corrected chi connectivity index (χ3v) is 11.7. The van der Waals surface area contributed by atoms with E-state index in [0.29, 0.717) is 0 Å². The first-order valence-electron chi connectivity index (χ1n) is 18.5. The van der Waals surface area contributed by atoms with Crippen molar-refractivity contribution in [3.63, 3.8) is 0 Å². The first-order chi connectivity index (χ1) is 26.1. The van der Waals surface area contributed by atoms with Crippen molar-refractivity contribution in [3.8, 4) is 44.8 Å². The van der Waals surface area contributed by atoms with E-state index < -0.39 is 0 Å². The van der Waals surface area contributed by atoms with Gasteiger partial charge in [0.2, 0.25) is 0 Å². The molecule has 0 atom stereocenters. The van der Waals surface area contributed by atoms with Gasteiger partial charge in [-0.15, -0.1) is 0 Å². The van der Waals surface area contributed by atoms with Crippen LogP contribution in [0.25, 0.3) is 88.4 Å². The summed E-state index contributed by atoms with van der Waals surface area (Å²) in [7, 11) is 0. The molecule has 2 nitrogen and oxygen atoms in total. The van der Waals surface area contributed by atoms with E-state index in [4.69, 9.17) is 0 Å². The number of benzene rings is 8. The summed E-state index contributed by atoms with van der Waals surface area (Å²) in [4.78, 5) is 0. The van der Waals surface area contributed by atoms with Crippen LogP contribution in [0.3, 0.4) is 0 Å². The van der Waals surface area contributed by atoms with Gasteiger partial charge in [-0.2, -0.15) is 0 Å². The lowest BCUT2D eigenvalue weighted by atomic mass is 9.82. The minimum Gasteiger partial charge on any atom is -0.309 e. The Hall–Kier alpha value is -6.64. The van der Waals surface area contributed by atoms with Gasteiger partial charge in [0.15, 0.2) is 0 Å². The zero-order valence-electron chi connectivity index (χ0n) is 29.7. The fraction of sp³-hybridized carbons (Fsp3) is 0.0588. The lowest BCUT2D eigenvalue weighted by Crippen LogP contribution is -2.14. The van der Waals surface area contributed by atoms with E-state index in [-0.39, 0.29) is 5.41 Å². The Kier molecular flexibility index (Phi) is 6.33. The average Bonchev–Trinajstić information content (AvgIpc) is 3.81. The summed E-state index contributed by atoms with van der Waals surface area (Å²) in [5.74, 6) is 0. The van der Waals surface area contributed by atoms with Gasteiger partial charge in [0.25, 0.3) is 0 Å². The highest BCUT2D eigenvalue weighted by atomic mass is 15.0. The van der Waals surface area contributed by atoms with Gasteiger partial charge in [-0.1, -0.05) is 153 Å². The molecule has 2 aromatic heterocycles. The topological polar surface area (TPSA) is 9.86 Å². The second-order valence-electron chi connectivity index (χ2n) is 15.0. The number of hydrogen-bond donors (Lipinski definition) is 0. The lowest BCUT2D eigenvalue weighted by Gasteiger charge is -2.21. The number of fused-ring (bicyclic) bond motifs is 10. The van der Waals surface area contributed by atoms with Gasteiger partial charge in [0.1, 0.15) is 0 Å². The molecule has 1 aliphatic carbocycles. The molecule has 250 valence electrons. The number of nitrogens with zero attached hydrogens (tertiary/aromatic N) is 2. The second-order valence-corrected chi connectivity index (χ2v) is 15.0. The maximum absolute atomic E-state index is 2.49. The maximum atomic E-state index is 2.49. The molecule has 0 spiro atoms. The Morgan fingerprint density at radius 3 is 1.77 bits per heavy atom. The van der Waals surface area contributed by atoms with E-state index in [1.54, 1.807) is 0 Å². The van der Waals surface area contributed by atoms with Crippen LogP contribution in [0.5, 0.6) is 0 Å². The van der Waals surface area contributed by atoms with Crippen LogP contribution in [0, 0.1) is 0 Å². The Morgan fingerprint density at radius 2 is 0.962 bits per heavy atom.